The highest BCUT2D eigenvalue weighted by Crippen LogP contribution is 2.29. The van der Waals surface area contributed by atoms with E-state index in [0.717, 1.165) is 5.06 Å². The van der Waals surface area contributed by atoms with Crippen LogP contribution in [0, 0.1) is 11.7 Å². The minimum atomic E-state index is -5.04. The number of aromatic amines is 1. The van der Waals surface area contributed by atoms with Crippen molar-refractivity contribution >= 4 is 11.8 Å². The molecule has 11 heteroatoms. The Hall–Kier alpha value is -2.27. The number of hydrogen-bond acceptors (Lipinski definition) is 6. The van der Waals surface area contributed by atoms with Gasteiger partial charge in [-0.05, 0) is 12.8 Å². The molecule has 0 radical (unpaired) electrons. The third-order valence-electron chi connectivity index (χ3n) is 3.64. The number of nitrogens with zero attached hydrogens (tertiary/aromatic N) is 2. The summed E-state index contributed by atoms with van der Waals surface area (Å²) in [5.41, 5.74) is 2.55. The molecule has 1 aromatic rings. The first-order valence-electron chi connectivity index (χ1n) is 7.14. The molecule has 1 saturated heterocycles. The number of halogens is 4. The van der Waals surface area contributed by atoms with Crippen molar-refractivity contribution in [3.8, 4) is 0 Å². The lowest BCUT2D eigenvalue weighted by Crippen LogP contribution is -2.41. The molecule has 0 amide bonds. The molecule has 0 bridgehead atoms. The highest BCUT2D eigenvalue weighted by atomic mass is 19.4. The predicted octanol–water partition coefficient (Wildman–Crippen LogP) is 1.98. The summed E-state index contributed by atoms with van der Waals surface area (Å²) in [5.74, 6) is -2.10. The molecule has 7 nitrogen and oxygen atoms in total. The molecule has 1 atom stereocenters. The van der Waals surface area contributed by atoms with Crippen molar-refractivity contribution in [3.05, 3.63) is 30.0 Å². The van der Waals surface area contributed by atoms with Crippen molar-refractivity contribution in [1.82, 2.24) is 15.6 Å². The number of hydrogen-bond donors (Lipinski definition) is 2. The van der Waals surface area contributed by atoms with Gasteiger partial charge in [0.25, 0.3) is 0 Å². The van der Waals surface area contributed by atoms with Crippen LogP contribution in [-0.2, 0) is 14.5 Å². The number of hydrazine groups is 1. The van der Waals surface area contributed by atoms with Crippen molar-refractivity contribution in [2.75, 3.05) is 18.1 Å². The van der Waals surface area contributed by atoms with E-state index in [-0.39, 0.29) is 19.0 Å². The van der Waals surface area contributed by atoms with E-state index in [4.69, 9.17) is 4.84 Å². The molecule has 132 valence electrons. The number of nitrogens with one attached hydrogen (secondary N) is 2. The Morgan fingerprint density at radius 2 is 2.21 bits per heavy atom. The van der Waals surface area contributed by atoms with Gasteiger partial charge in [0.05, 0.1) is 6.20 Å². The molecular weight excluding hydrogens is 336 g/mol. The van der Waals surface area contributed by atoms with Crippen LogP contribution in [-0.4, -0.2) is 35.3 Å². The zero-order valence-electron chi connectivity index (χ0n) is 12.3. The molecule has 0 unspecified atom stereocenters. The van der Waals surface area contributed by atoms with E-state index in [1.165, 1.54) is 17.3 Å². The van der Waals surface area contributed by atoms with Gasteiger partial charge in [0, 0.05) is 31.3 Å². The van der Waals surface area contributed by atoms with Crippen molar-refractivity contribution in [3.63, 3.8) is 0 Å². The fraction of sp³-hybridized carbons (Fsp3) is 0.462. The summed E-state index contributed by atoms with van der Waals surface area (Å²) < 4.78 is 49.8. The lowest BCUT2D eigenvalue weighted by atomic mass is 9.97. The van der Waals surface area contributed by atoms with Crippen molar-refractivity contribution in [1.29, 1.82) is 0 Å². The summed E-state index contributed by atoms with van der Waals surface area (Å²) in [6, 6.07) is 1.24. The smallest absolute Gasteiger partial charge is 0.391 e. The van der Waals surface area contributed by atoms with E-state index < -0.39 is 18.0 Å². The van der Waals surface area contributed by atoms with Crippen LogP contribution < -0.4 is 10.6 Å². The van der Waals surface area contributed by atoms with Crippen LogP contribution in [0.3, 0.4) is 0 Å². The predicted molar refractivity (Wildman–Crippen MR) is 72.0 cm³/mol. The van der Waals surface area contributed by atoms with E-state index >= 15 is 0 Å². The van der Waals surface area contributed by atoms with Crippen molar-refractivity contribution in [2.45, 2.75) is 19.0 Å². The normalized spacial score (nSPS) is 22.2. The van der Waals surface area contributed by atoms with E-state index in [2.05, 4.69) is 15.4 Å². The van der Waals surface area contributed by atoms with Crippen LogP contribution in [0.1, 0.15) is 12.8 Å². The number of alkyl halides is 3. The standard InChI is InChI=1S/C13H14F4N4O3/c14-9-4-11(18-5-9)21-7-10(23-19-21)8-2-1-3-20(6-8)24-12(22)13(15,16)17/h4-5,7-8,18-19H,1-3,6H2/t8-/m0/s1. The molecule has 2 aliphatic heterocycles. The van der Waals surface area contributed by atoms with Crippen LogP contribution in [0.15, 0.2) is 24.2 Å². The number of carbonyl (C=O) groups is 1. The Kier molecular flexibility index (Phi) is 4.37. The Labute approximate surface area is 133 Å². The van der Waals surface area contributed by atoms with Crippen LogP contribution in [0.2, 0.25) is 0 Å². The lowest BCUT2D eigenvalue weighted by molar-refractivity contribution is -0.243. The lowest BCUT2D eigenvalue weighted by Gasteiger charge is -2.30. The molecule has 0 saturated carbocycles. The number of aromatic nitrogens is 1. The average molecular weight is 350 g/mol. The minimum absolute atomic E-state index is 0.0717. The molecule has 2 N–H and O–H groups in total. The zero-order valence-corrected chi connectivity index (χ0v) is 12.3. The van der Waals surface area contributed by atoms with Crippen LogP contribution >= 0.6 is 0 Å². The molecule has 3 rings (SSSR count). The van der Waals surface area contributed by atoms with Crippen LogP contribution in [0.4, 0.5) is 23.4 Å². The fourth-order valence-corrected chi connectivity index (χ4v) is 2.51. The SMILES string of the molecule is O=C(ON1CCC[C@H](C2=CN(c3cc(F)c[nH]3)NO2)C1)C(F)(F)F. The number of piperidine rings is 1. The summed E-state index contributed by atoms with van der Waals surface area (Å²) in [6.45, 7) is 0.285. The number of H-pyrrole nitrogens is 1. The van der Waals surface area contributed by atoms with Gasteiger partial charge < -0.3 is 14.7 Å². The first-order chi connectivity index (χ1) is 11.3. The molecule has 0 spiro atoms. The van der Waals surface area contributed by atoms with Crippen molar-refractivity contribution in [2.24, 2.45) is 5.92 Å². The monoisotopic (exact) mass is 350 g/mol. The van der Waals surface area contributed by atoms with E-state index in [0.29, 0.717) is 24.4 Å². The Morgan fingerprint density at radius 3 is 2.88 bits per heavy atom. The van der Waals surface area contributed by atoms with Gasteiger partial charge in [-0.1, -0.05) is 5.59 Å². The highest BCUT2D eigenvalue weighted by molar-refractivity contribution is 5.75. The summed E-state index contributed by atoms with van der Waals surface area (Å²) in [5, 5.41) is 2.38. The molecule has 0 aliphatic carbocycles. The van der Waals surface area contributed by atoms with Crippen LogP contribution in [0.5, 0.6) is 0 Å². The summed E-state index contributed by atoms with van der Waals surface area (Å²) >= 11 is 0. The first kappa shape index (κ1) is 16.6. The topological polar surface area (TPSA) is 69.8 Å². The number of carbonyl (C=O) groups excluding carboxylic acids is 1. The van der Waals surface area contributed by atoms with Gasteiger partial charge >= 0.3 is 12.1 Å². The van der Waals surface area contributed by atoms with Gasteiger partial charge in [-0.15, -0.1) is 5.06 Å². The van der Waals surface area contributed by atoms with Gasteiger partial charge in [0.2, 0.25) is 0 Å². The van der Waals surface area contributed by atoms with Crippen molar-refractivity contribution < 1.29 is 32.0 Å². The third-order valence-corrected chi connectivity index (χ3v) is 3.64. The van der Waals surface area contributed by atoms with Gasteiger partial charge in [-0.2, -0.15) is 13.2 Å². The quantitative estimate of drug-likeness (QED) is 0.813. The minimum Gasteiger partial charge on any atom is -0.391 e. The molecule has 0 aromatic carbocycles. The highest BCUT2D eigenvalue weighted by Gasteiger charge is 2.43. The average Bonchev–Trinajstić information content (AvgIpc) is 3.15. The van der Waals surface area contributed by atoms with Gasteiger partial charge in [0.1, 0.15) is 17.4 Å². The third kappa shape index (κ3) is 3.62. The van der Waals surface area contributed by atoms with Gasteiger partial charge in [-0.25, -0.2) is 14.2 Å². The second-order valence-electron chi connectivity index (χ2n) is 5.40. The molecule has 1 aromatic heterocycles. The second-order valence-corrected chi connectivity index (χ2v) is 5.40. The Balaban J connectivity index is 1.62. The van der Waals surface area contributed by atoms with E-state index in [9.17, 15) is 22.4 Å². The summed E-state index contributed by atoms with van der Waals surface area (Å²) in [7, 11) is 0. The molecule has 2 aliphatic rings. The summed E-state index contributed by atoms with van der Waals surface area (Å²) in [6.07, 6.45) is -1.12. The largest absolute Gasteiger partial charge is 0.492 e. The number of hydroxylamine groups is 2. The molecular formula is C13H14F4N4O3. The number of anilines is 1. The first-order valence-corrected chi connectivity index (χ1v) is 7.14. The maximum absolute atomic E-state index is 13.0. The second kappa shape index (κ2) is 6.32. The maximum atomic E-state index is 13.0. The fourth-order valence-electron chi connectivity index (χ4n) is 2.51. The zero-order chi connectivity index (χ0) is 17.3. The molecule has 3 heterocycles. The number of rotatable bonds is 3. The maximum Gasteiger partial charge on any atom is 0.492 e. The van der Waals surface area contributed by atoms with Crippen LogP contribution in [0.25, 0.3) is 0 Å². The van der Waals surface area contributed by atoms with Gasteiger partial charge in [0.15, 0.2) is 0 Å². The Morgan fingerprint density at radius 1 is 1.42 bits per heavy atom. The van der Waals surface area contributed by atoms with E-state index in [1.807, 2.05) is 0 Å². The molecule has 1 fully saturated rings. The van der Waals surface area contributed by atoms with Gasteiger partial charge in [-0.3, -0.25) is 0 Å². The van der Waals surface area contributed by atoms with E-state index in [1.54, 1.807) is 6.20 Å². The Bertz CT molecular complexity index is 645. The summed E-state index contributed by atoms with van der Waals surface area (Å²) in [4.78, 5) is 23.2. The molecule has 24 heavy (non-hydrogen) atoms.